The fourth-order valence-corrected chi connectivity index (χ4v) is 3.27. The Labute approximate surface area is 71.9 Å². The van der Waals surface area contributed by atoms with Gasteiger partial charge in [-0.05, 0) is 31.1 Å². The number of hydrogen-bond acceptors (Lipinski definition) is 2. The van der Waals surface area contributed by atoms with Crippen LogP contribution in [0.3, 0.4) is 0 Å². The van der Waals surface area contributed by atoms with Gasteiger partial charge in [0.1, 0.15) is 0 Å². The summed E-state index contributed by atoms with van der Waals surface area (Å²) in [5.74, 6) is 1.24. The van der Waals surface area contributed by atoms with Gasteiger partial charge in [-0.15, -0.1) is 0 Å². The summed E-state index contributed by atoms with van der Waals surface area (Å²) in [5, 5.41) is 0.436. The van der Waals surface area contributed by atoms with Gasteiger partial charge < -0.3 is 5.73 Å². The van der Waals surface area contributed by atoms with Gasteiger partial charge in [-0.1, -0.05) is 0 Å². The third kappa shape index (κ3) is 1.06. The van der Waals surface area contributed by atoms with Crippen LogP contribution in [0.1, 0.15) is 19.3 Å². The van der Waals surface area contributed by atoms with Crippen LogP contribution in [0.4, 0.5) is 0 Å². The SMILES string of the molecule is NC(=O)C1CC2CC(S)C1C2. The van der Waals surface area contributed by atoms with E-state index in [1.54, 1.807) is 0 Å². The number of carbonyl (C=O) groups excluding carboxylic acids is 1. The molecular weight excluding hydrogens is 158 g/mol. The van der Waals surface area contributed by atoms with Gasteiger partial charge >= 0.3 is 0 Å². The molecule has 0 saturated heterocycles. The van der Waals surface area contributed by atoms with Crippen molar-refractivity contribution in [3.05, 3.63) is 0 Å². The van der Waals surface area contributed by atoms with Crippen LogP contribution in [0.25, 0.3) is 0 Å². The molecule has 2 fully saturated rings. The third-order valence-corrected chi connectivity index (χ3v) is 3.74. The average molecular weight is 171 g/mol. The molecule has 0 spiro atoms. The van der Waals surface area contributed by atoms with Crippen LogP contribution >= 0.6 is 12.6 Å². The van der Waals surface area contributed by atoms with Crippen LogP contribution in [-0.2, 0) is 4.79 Å². The van der Waals surface area contributed by atoms with Crippen molar-refractivity contribution in [2.24, 2.45) is 23.5 Å². The quantitative estimate of drug-likeness (QED) is 0.563. The number of hydrogen-bond donors (Lipinski definition) is 2. The van der Waals surface area contributed by atoms with E-state index in [1.165, 1.54) is 12.8 Å². The zero-order valence-corrected chi connectivity index (χ0v) is 7.26. The Morgan fingerprint density at radius 2 is 2.09 bits per heavy atom. The Morgan fingerprint density at radius 1 is 1.36 bits per heavy atom. The van der Waals surface area contributed by atoms with Crippen LogP contribution in [0.5, 0.6) is 0 Å². The summed E-state index contributed by atoms with van der Waals surface area (Å²) in [7, 11) is 0. The lowest BCUT2D eigenvalue weighted by molar-refractivity contribution is -0.123. The first kappa shape index (κ1) is 7.47. The Kier molecular flexibility index (Phi) is 1.63. The smallest absolute Gasteiger partial charge is 0.220 e. The van der Waals surface area contributed by atoms with E-state index in [2.05, 4.69) is 12.6 Å². The minimum absolute atomic E-state index is 0.115. The monoisotopic (exact) mass is 171 g/mol. The molecule has 2 N–H and O–H groups in total. The first-order valence-electron chi connectivity index (χ1n) is 4.16. The number of primary amides is 1. The molecule has 2 rings (SSSR count). The largest absolute Gasteiger partial charge is 0.369 e. The predicted octanol–water partition coefficient (Wildman–Crippen LogP) is 0.816. The molecule has 4 unspecified atom stereocenters. The molecule has 2 saturated carbocycles. The minimum Gasteiger partial charge on any atom is -0.369 e. The maximum absolute atomic E-state index is 10.9. The highest BCUT2D eigenvalue weighted by atomic mass is 32.1. The lowest BCUT2D eigenvalue weighted by Crippen LogP contribution is -2.32. The van der Waals surface area contributed by atoms with Crippen molar-refractivity contribution in [2.75, 3.05) is 0 Å². The Bertz CT molecular complexity index is 195. The molecule has 2 aliphatic carbocycles. The van der Waals surface area contributed by atoms with Crippen LogP contribution in [-0.4, -0.2) is 11.2 Å². The minimum atomic E-state index is -0.115. The van der Waals surface area contributed by atoms with E-state index >= 15 is 0 Å². The highest BCUT2D eigenvalue weighted by molar-refractivity contribution is 7.81. The van der Waals surface area contributed by atoms with E-state index in [1.807, 2.05) is 0 Å². The van der Waals surface area contributed by atoms with Gasteiger partial charge in [-0.2, -0.15) is 12.6 Å². The summed E-state index contributed by atoms with van der Waals surface area (Å²) in [6, 6.07) is 0. The number of nitrogens with two attached hydrogens (primary N) is 1. The van der Waals surface area contributed by atoms with Crippen LogP contribution in [0.2, 0.25) is 0 Å². The highest BCUT2D eigenvalue weighted by Gasteiger charge is 2.46. The second kappa shape index (κ2) is 2.41. The number of carbonyl (C=O) groups is 1. The Morgan fingerprint density at radius 3 is 2.45 bits per heavy atom. The molecule has 62 valence electrons. The zero-order valence-electron chi connectivity index (χ0n) is 6.36. The first-order valence-corrected chi connectivity index (χ1v) is 4.67. The normalized spacial score (nSPS) is 48.1. The summed E-state index contributed by atoms with van der Waals surface area (Å²) in [5.41, 5.74) is 5.27. The molecular formula is C8H13NOS. The average Bonchev–Trinajstić information content (AvgIpc) is 2.43. The van der Waals surface area contributed by atoms with E-state index < -0.39 is 0 Å². The van der Waals surface area contributed by atoms with E-state index in [-0.39, 0.29) is 11.8 Å². The lowest BCUT2D eigenvalue weighted by Gasteiger charge is -2.23. The number of rotatable bonds is 1. The van der Waals surface area contributed by atoms with Crippen molar-refractivity contribution in [1.82, 2.24) is 0 Å². The second-order valence-electron chi connectivity index (χ2n) is 3.81. The molecule has 0 heterocycles. The molecule has 0 aromatic rings. The third-order valence-electron chi connectivity index (χ3n) is 3.14. The molecule has 3 heteroatoms. The molecule has 11 heavy (non-hydrogen) atoms. The molecule has 2 bridgehead atoms. The van der Waals surface area contributed by atoms with E-state index in [0.29, 0.717) is 11.2 Å². The van der Waals surface area contributed by atoms with Gasteiger partial charge in [-0.3, -0.25) is 4.79 Å². The fourth-order valence-electron chi connectivity index (χ4n) is 2.64. The van der Waals surface area contributed by atoms with Crippen molar-refractivity contribution < 1.29 is 4.79 Å². The molecule has 2 aliphatic rings. The van der Waals surface area contributed by atoms with Gasteiger partial charge in [-0.25, -0.2) is 0 Å². The van der Waals surface area contributed by atoms with Gasteiger partial charge in [0, 0.05) is 11.2 Å². The van der Waals surface area contributed by atoms with E-state index in [9.17, 15) is 4.79 Å². The van der Waals surface area contributed by atoms with Crippen LogP contribution < -0.4 is 5.73 Å². The van der Waals surface area contributed by atoms with Crippen molar-refractivity contribution >= 4 is 18.5 Å². The zero-order chi connectivity index (χ0) is 8.01. The van der Waals surface area contributed by atoms with Gasteiger partial charge in [0.25, 0.3) is 0 Å². The molecule has 0 aliphatic heterocycles. The van der Waals surface area contributed by atoms with Crippen molar-refractivity contribution in [3.8, 4) is 0 Å². The molecule has 0 aromatic heterocycles. The van der Waals surface area contributed by atoms with Crippen molar-refractivity contribution in [2.45, 2.75) is 24.5 Å². The van der Waals surface area contributed by atoms with E-state index in [4.69, 9.17) is 5.73 Å². The van der Waals surface area contributed by atoms with Crippen molar-refractivity contribution in [1.29, 1.82) is 0 Å². The highest BCUT2D eigenvalue weighted by Crippen LogP contribution is 2.50. The topological polar surface area (TPSA) is 43.1 Å². The number of fused-ring (bicyclic) bond motifs is 2. The Balaban J connectivity index is 2.12. The van der Waals surface area contributed by atoms with E-state index in [0.717, 1.165) is 12.3 Å². The van der Waals surface area contributed by atoms with Gasteiger partial charge in [0.15, 0.2) is 0 Å². The van der Waals surface area contributed by atoms with Crippen LogP contribution in [0, 0.1) is 17.8 Å². The summed E-state index contributed by atoms with van der Waals surface area (Å²) >= 11 is 4.44. The fraction of sp³-hybridized carbons (Fsp3) is 0.875. The predicted molar refractivity (Wildman–Crippen MR) is 46.3 cm³/mol. The van der Waals surface area contributed by atoms with Gasteiger partial charge in [0.2, 0.25) is 5.91 Å². The molecule has 1 amide bonds. The van der Waals surface area contributed by atoms with Crippen LogP contribution in [0.15, 0.2) is 0 Å². The maximum Gasteiger partial charge on any atom is 0.220 e. The number of amides is 1. The molecule has 0 aromatic carbocycles. The molecule has 4 atom stereocenters. The Hall–Kier alpha value is -0.180. The standard InChI is InChI=1S/C8H13NOS/c9-8(10)6-2-4-1-5(6)7(11)3-4/h4-7,11H,1-3H2,(H2,9,10). The summed E-state index contributed by atoms with van der Waals surface area (Å²) in [6.07, 6.45) is 3.40. The van der Waals surface area contributed by atoms with Gasteiger partial charge in [0.05, 0.1) is 0 Å². The molecule has 0 radical (unpaired) electrons. The summed E-state index contributed by atoms with van der Waals surface area (Å²) in [6.45, 7) is 0. The van der Waals surface area contributed by atoms with Crippen molar-refractivity contribution in [3.63, 3.8) is 0 Å². The lowest BCUT2D eigenvalue weighted by atomic mass is 9.88. The second-order valence-corrected chi connectivity index (χ2v) is 4.48. The number of thiol groups is 1. The first-order chi connectivity index (χ1) is 5.18. The summed E-state index contributed by atoms with van der Waals surface area (Å²) < 4.78 is 0. The summed E-state index contributed by atoms with van der Waals surface area (Å²) in [4.78, 5) is 10.9. The molecule has 2 nitrogen and oxygen atoms in total. The maximum atomic E-state index is 10.9.